The number of amides is 1. The molecule has 1 amide bonds. The van der Waals surface area contributed by atoms with Gasteiger partial charge in [0.25, 0.3) is 0 Å². The van der Waals surface area contributed by atoms with Crippen LogP contribution in [0, 0.1) is 0 Å². The summed E-state index contributed by atoms with van der Waals surface area (Å²) >= 11 is 0.366. The lowest BCUT2D eigenvalue weighted by molar-refractivity contribution is -0.435. The average Bonchev–Trinajstić information content (AvgIpc) is 3.09. The number of methoxy groups -OCH3 is 1. The number of rotatable bonds is 7. The van der Waals surface area contributed by atoms with Crippen LogP contribution in [0.25, 0.3) is 0 Å². The molecule has 0 radical (unpaired) electrons. The van der Waals surface area contributed by atoms with Gasteiger partial charge in [-0.3, -0.25) is 4.79 Å². The second kappa shape index (κ2) is 8.69. The van der Waals surface area contributed by atoms with Crippen molar-refractivity contribution in [1.82, 2.24) is 0 Å². The van der Waals surface area contributed by atoms with Crippen molar-refractivity contribution in [2.75, 3.05) is 12.4 Å². The molecule has 200 valence electrons. The first-order valence-corrected chi connectivity index (χ1v) is 9.91. The lowest BCUT2D eigenvalue weighted by atomic mass is 9.93. The number of anilines is 1. The summed E-state index contributed by atoms with van der Waals surface area (Å²) in [7, 11) is 0.799. The molecule has 0 unspecified atom stereocenters. The highest BCUT2D eigenvalue weighted by Gasteiger charge is 2.91. The van der Waals surface area contributed by atoms with E-state index in [0.29, 0.717) is 24.2 Å². The van der Waals surface area contributed by atoms with Gasteiger partial charge in [0, 0.05) is 4.88 Å². The molecule has 0 aliphatic heterocycles. The minimum Gasteiger partial charge on any atom is -0.465 e. The summed E-state index contributed by atoms with van der Waals surface area (Å²) in [5.41, 5.74) is -0.486. The van der Waals surface area contributed by atoms with Crippen molar-refractivity contribution >= 4 is 28.2 Å². The summed E-state index contributed by atoms with van der Waals surface area (Å²) in [6.45, 7) is 0. The van der Waals surface area contributed by atoms with Crippen LogP contribution in [-0.4, -0.2) is 54.8 Å². The Bertz CT molecular complexity index is 1000. The van der Waals surface area contributed by atoms with Gasteiger partial charge in [0.1, 0.15) is 5.00 Å². The van der Waals surface area contributed by atoms with Crippen LogP contribution in [-0.2, 0) is 22.4 Å². The van der Waals surface area contributed by atoms with Gasteiger partial charge in [-0.1, -0.05) is 0 Å². The Hall–Kier alpha value is -2.27. The fourth-order valence-corrected chi connectivity index (χ4v) is 4.34. The highest BCUT2D eigenvalue weighted by Crippen LogP contribution is 2.60. The van der Waals surface area contributed by atoms with Crippen LogP contribution in [0.2, 0.25) is 0 Å². The topological polar surface area (TPSA) is 55.4 Å². The van der Waals surface area contributed by atoms with Crippen molar-refractivity contribution < 1.29 is 71.4 Å². The Labute approximate surface area is 190 Å². The molecule has 0 bridgehead atoms. The monoisotopic (exact) mass is 557 g/mol. The molecule has 18 heteroatoms. The highest BCUT2D eigenvalue weighted by molar-refractivity contribution is 7.17. The number of hydrogen-bond acceptors (Lipinski definition) is 4. The molecule has 1 aromatic rings. The summed E-state index contributed by atoms with van der Waals surface area (Å²) in [6, 6.07) is 0. The van der Waals surface area contributed by atoms with Crippen molar-refractivity contribution in [2.45, 2.75) is 61.5 Å². The van der Waals surface area contributed by atoms with E-state index in [1.807, 2.05) is 0 Å². The number of ether oxygens (including phenoxy) is 1. The van der Waals surface area contributed by atoms with Crippen LogP contribution in [0.4, 0.5) is 62.1 Å². The first-order chi connectivity index (χ1) is 15.6. The number of thiophene rings is 1. The van der Waals surface area contributed by atoms with E-state index in [1.165, 1.54) is 0 Å². The van der Waals surface area contributed by atoms with Crippen molar-refractivity contribution in [2.24, 2.45) is 0 Å². The van der Waals surface area contributed by atoms with E-state index in [-0.39, 0.29) is 23.3 Å². The molecular weight excluding hydrogens is 545 g/mol. The van der Waals surface area contributed by atoms with Gasteiger partial charge in [-0.05, 0) is 31.2 Å². The van der Waals surface area contributed by atoms with Gasteiger partial charge in [-0.25, -0.2) is 4.79 Å². The second-order valence-corrected chi connectivity index (χ2v) is 8.34. The number of aryl methyl sites for hydroxylation is 1. The summed E-state index contributed by atoms with van der Waals surface area (Å²) in [5.74, 6) is -43.6. The largest absolute Gasteiger partial charge is 0.465 e. The Kier molecular flexibility index (Phi) is 7.19. The first-order valence-electron chi connectivity index (χ1n) is 9.09. The lowest BCUT2D eigenvalue weighted by Crippen LogP contribution is -2.71. The Morgan fingerprint density at radius 3 is 1.74 bits per heavy atom. The van der Waals surface area contributed by atoms with Crippen molar-refractivity contribution in [3.05, 3.63) is 16.0 Å². The van der Waals surface area contributed by atoms with E-state index in [2.05, 4.69) is 4.74 Å². The van der Waals surface area contributed by atoms with Gasteiger partial charge in [0.05, 0.1) is 12.7 Å². The number of nitrogens with one attached hydrogen (secondary N) is 1. The zero-order chi connectivity index (χ0) is 27.4. The normalized spacial score (nSPS) is 16.1. The van der Waals surface area contributed by atoms with Gasteiger partial charge < -0.3 is 10.1 Å². The average molecular weight is 557 g/mol. The number of hydrogen-bond donors (Lipinski definition) is 1. The van der Waals surface area contributed by atoms with E-state index in [9.17, 15) is 66.7 Å². The second-order valence-electron chi connectivity index (χ2n) is 7.23. The lowest BCUT2D eigenvalue weighted by Gasteiger charge is -2.39. The maximum Gasteiger partial charge on any atom is 0.460 e. The standard InChI is InChI=1S/C17H12F13NO3S/c1-34-10(32)8-6-4-2-3-5-7(6)35-9(8)31-11(33)12(18,19)13(20,21)14(22,23)15(24,25)16(26,27)17(28,29)30/h2-5H2,1H3,(H,31,33). The summed E-state index contributed by atoms with van der Waals surface area (Å²) < 4.78 is 176. The molecule has 35 heavy (non-hydrogen) atoms. The van der Waals surface area contributed by atoms with Gasteiger partial charge in [0.15, 0.2) is 0 Å². The van der Waals surface area contributed by atoms with Crippen molar-refractivity contribution in [1.29, 1.82) is 0 Å². The summed E-state index contributed by atoms with van der Waals surface area (Å²) in [4.78, 5) is 24.1. The molecule has 0 saturated carbocycles. The van der Waals surface area contributed by atoms with Crippen LogP contribution >= 0.6 is 11.3 Å². The maximum absolute atomic E-state index is 14.1. The molecule has 0 spiro atoms. The number of esters is 1. The van der Waals surface area contributed by atoms with E-state index in [0.717, 1.165) is 12.4 Å². The summed E-state index contributed by atoms with van der Waals surface area (Å²) in [6.07, 6.45) is -6.27. The molecule has 1 aliphatic rings. The number of alkyl halides is 13. The molecule has 0 atom stereocenters. The van der Waals surface area contributed by atoms with Crippen molar-refractivity contribution in [3.8, 4) is 0 Å². The fourth-order valence-electron chi connectivity index (χ4n) is 3.07. The molecule has 2 rings (SSSR count). The zero-order valence-electron chi connectivity index (χ0n) is 16.9. The summed E-state index contributed by atoms with van der Waals surface area (Å²) in [5, 5.41) is 0.0521. The number of fused-ring (bicyclic) bond motifs is 1. The van der Waals surface area contributed by atoms with E-state index < -0.39 is 58.2 Å². The third-order valence-corrected chi connectivity index (χ3v) is 6.21. The van der Waals surface area contributed by atoms with Crippen molar-refractivity contribution in [3.63, 3.8) is 0 Å². The number of halogens is 13. The predicted molar refractivity (Wildman–Crippen MR) is 91.7 cm³/mol. The zero-order valence-corrected chi connectivity index (χ0v) is 17.7. The van der Waals surface area contributed by atoms with Crippen LogP contribution in [0.3, 0.4) is 0 Å². The Morgan fingerprint density at radius 2 is 1.26 bits per heavy atom. The van der Waals surface area contributed by atoms with Gasteiger partial charge in [-0.15, -0.1) is 11.3 Å². The third-order valence-electron chi connectivity index (χ3n) is 5.01. The van der Waals surface area contributed by atoms with Gasteiger partial charge in [-0.2, -0.15) is 57.1 Å². The SMILES string of the molecule is COC(=O)c1c(NC(=O)C(F)(F)C(F)(F)C(F)(F)C(F)(F)C(F)(F)C(F)(F)F)sc2c1CCCC2. The molecule has 1 aromatic heterocycles. The first kappa shape index (κ1) is 29.0. The molecule has 0 fully saturated rings. The molecule has 4 nitrogen and oxygen atoms in total. The number of carbonyl (C=O) groups excluding carboxylic acids is 2. The molecule has 1 heterocycles. The quantitative estimate of drug-likeness (QED) is 0.326. The maximum atomic E-state index is 14.1. The highest BCUT2D eigenvalue weighted by atomic mass is 32.1. The molecular formula is C17H12F13NO3S. The van der Waals surface area contributed by atoms with Crippen LogP contribution < -0.4 is 5.32 Å². The molecule has 1 aliphatic carbocycles. The van der Waals surface area contributed by atoms with Gasteiger partial charge >= 0.3 is 47.7 Å². The van der Waals surface area contributed by atoms with E-state index in [4.69, 9.17) is 0 Å². The molecule has 0 aromatic carbocycles. The third kappa shape index (κ3) is 4.20. The molecule has 1 N–H and O–H groups in total. The van der Waals surface area contributed by atoms with Crippen LogP contribution in [0.5, 0.6) is 0 Å². The minimum absolute atomic E-state index is 0.121. The van der Waals surface area contributed by atoms with Gasteiger partial charge in [0.2, 0.25) is 0 Å². The molecule has 0 saturated heterocycles. The van der Waals surface area contributed by atoms with E-state index in [1.54, 1.807) is 0 Å². The number of carbonyl (C=O) groups is 2. The minimum atomic E-state index is -8.12. The smallest absolute Gasteiger partial charge is 0.460 e. The Morgan fingerprint density at radius 1 is 0.771 bits per heavy atom. The fraction of sp³-hybridized carbons (Fsp3) is 0.647. The Balaban J connectivity index is 2.51. The van der Waals surface area contributed by atoms with E-state index >= 15 is 0 Å². The predicted octanol–water partition coefficient (Wildman–Crippen LogP) is 6.09. The van der Waals surface area contributed by atoms with Crippen LogP contribution in [0.1, 0.15) is 33.6 Å². The van der Waals surface area contributed by atoms with Crippen LogP contribution in [0.15, 0.2) is 0 Å².